The maximum absolute atomic E-state index is 5.01. The van der Waals surface area contributed by atoms with E-state index in [1.165, 1.54) is 0 Å². The summed E-state index contributed by atoms with van der Waals surface area (Å²) in [6, 6.07) is 20.9. The molecule has 2 aromatic carbocycles. The van der Waals surface area contributed by atoms with Gasteiger partial charge in [0.1, 0.15) is 5.82 Å². The summed E-state index contributed by atoms with van der Waals surface area (Å²) in [6.07, 6.45) is 9.02. The molecule has 26 heavy (non-hydrogen) atoms. The van der Waals surface area contributed by atoms with E-state index in [-0.39, 0.29) is 5.41 Å². The highest BCUT2D eigenvalue weighted by molar-refractivity contribution is 5.72. The fourth-order valence-electron chi connectivity index (χ4n) is 3.31. The first-order chi connectivity index (χ1) is 12.6. The van der Waals surface area contributed by atoms with Gasteiger partial charge in [0, 0.05) is 16.7 Å². The summed E-state index contributed by atoms with van der Waals surface area (Å²) in [7, 11) is 0. The Morgan fingerprint density at radius 3 is 2.12 bits per heavy atom. The van der Waals surface area contributed by atoms with E-state index < -0.39 is 0 Å². The van der Waals surface area contributed by atoms with Crippen molar-refractivity contribution in [1.82, 2.24) is 9.55 Å². The van der Waals surface area contributed by atoms with E-state index in [0.29, 0.717) is 5.92 Å². The van der Waals surface area contributed by atoms with Crippen LogP contribution in [0.1, 0.15) is 32.2 Å². The third-order valence-electron chi connectivity index (χ3n) is 5.43. The lowest BCUT2D eigenvalue weighted by Crippen LogP contribution is -2.17. The molecule has 1 aliphatic rings. The Bertz CT molecular complexity index is 962. The van der Waals surface area contributed by atoms with Crippen molar-refractivity contribution < 1.29 is 0 Å². The van der Waals surface area contributed by atoms with E-state index in [0.717, 1.165) is 28.5 Å². The van der Waals surface area contributed by atoms with Gasteiger partial charge in [-0.2, -0.15) is 0 Å². The van der Waals surface area contributed by atoms with Gasteiger partial charge in [-0.15, -0.1) is 0 Å². The minimum Gasteiger partial charge on any atom is -0.292 e. The van der Waals surface area contributed by atoms with Crippen LogP contribution in [0.5, 0.6) is 0 Å². The van der Waals surface area contributed by atoms with E-state index >= 15 is 0 Å². The number of benzene rings is 2. The lowest BCUT2D eigenvalue weighted by atomic mass is 9.79. The number of para-hydroxylation sites is 1. The first kappa shape index (κ1) is 16.6. The van der Waals surface area contributed by atoms with Crippen LogP contribution in [0.4, 0.5) is 0 Å². The van der Waals surface area contributed by atoms with E-state index in [2.05, 4.69) is 98.2 Å². The van der Waals surface area contributed by atoms with E-state index in [9.17, 15) is 0 Å². The largest absolute Gasteiger partial charge is 0.292 e. The number of imidazole rings is 1. The van der Waals surface area contributed by atoms with Crippen LogP contribution in [0.15, 0.2) is 72.8 Å². The van der Waals surface area contributed by atoms with Gasteiger partial charge in [0.25, 0.3) is 0 Å². The average molecular weight is 340 g/mol. The molecule has 1 aliphatic carbocycles. The number of hydrogen-bond acceptors (Lipinski definition) is 1. The van der Waals surface area contributed by atoms with Crippen LogP contribution in [0.2, 0.25) is 0 Å². The maximum Gasteiger partial charge on any atom is 0.145 e. The summed E-state index contributed by atoms with van der Waals surface area (Å²) in [5.41, 5.74) is 4.45. The van der Waals surface area contributed by atoms with Crippen molar-refractivity contribution in [3.63, 3.8) is 0 Å². The summed E-state index contributed by atoms with van der Waals surface area (Å²) in [6.45, 7) is 6.80. The second-order valence-electron chi connectivity index (χ2n) is 7.43. The lowest BCUT2D eigenvalue weighted by Gasteiger charge is -2.26. The van der Waals surface area contributed by atoms with Gasteiger partial charge < -0.3 is 0 Å². The van der Waals surface area contributed by atoms with Crippen molar-refractivity contribution in [3.8, 4) is 17.1 Å². The SMILES string of the molecule is CC(C)C1(C)C=Cc2nc(-c3ccccc3)n(-c3ccccc3)c2C=C1. The Morgan fingerprint density at radius 1 is 0.846 bits per heavy atom. The van der Waals surface area contributed by atoms with E-state index in [1.807, 2.05) is 12.1 Å². The van der Waals surface area contributed by atoms with Gasteiger partial charge in [-0.25, -0.2) is 4.98 Å². The first-order valence-electron chi connectivity index (χ1n) is 9.20. The van der Waals surface area contributed by atoms with Crippen LogP contribution in [0.25, 0.3) is 29.2 Å². The summed E-state index contributed by atoms with van der Waals surface area (Å²) >= 11 is 0. The molecule has 0 amide bonds. The van der Waals surface area contributed by atoms with Crippen LogP contribution in [0.3, 0.4) is 0 Å². The van der Waals surface area contributed by atoms with Crippen LogP contribution in [-0.2, 0) is 0 Å². The van der Waals surface area contributed by atoms with Crippen molar-refractivity contribution in [2.75, 3.05) is 0 Å². The molecule has 1 atom stereocenters. The molecule has 0 radical (unpaired) electrons. The molecular formula is C24H24N2. The highest BCUT2D eigenvalue weighted by atomic mass is 15.1. The Kier molecular flexibility index (Phi) is 4.12. The smallest absolute Gasteiger partial charge is 0.145 e. The first-order valence-corrected chi connectivity index (χ1v) is 9.20. The van der Waals surface area contributed by atoms with Crippen molar-refractivity contribution in [2.45, 2.75) is 20.8 Å². The molecule has 0 N–H and O–H groups in total. The Balaban J connectivity index is 1.95. The molecule has 0 bridgehead atoms. The number of fused-ring (bicyclic) bond motifs is 1. The molecule has 0 fully saturated rings. The molecule has 1 unspecified atom stereocenters. The van der Waals surface area contributed by atoms with Gasteiger partial charge >= 0.3 is 0 Å². The third-order valence-corrected chi connectivity index (χ3v) is 5.43. The standard InChI is InChI=1S/C24H24N2/c1-18(2)24(3)16-14-21-22(15-17-24)26(20-12-8-5-9-13-20)23(25-21)19-10-6-4-7-11-19/h4-18H,1-3H3. The Morgan fingerprint density at radius 2 is 1.46 bits per heavy atom. The molecule has 0 saturated heterocycles. The summed E-state index contributed by atoms with van der Waals surface area (Å²) in [4.78, 5) is 5.01. The minimum absolute atomic E-state index is 0.0368. The molecule has 1 aromatic heterocycles. The van der Waals surface area contributed by atoms with Crippen molar-refractivity contribution in [1.29, 1.82) is 0 Å². The zero-order valence-corrected chi connectivity index (χ0v) is 15.6. The zero-order chi connectivity index (χ0) is 18.1. The van der Waals surface area contributed by atoms with Gasteiger partial charge in [-0.3, -0.25) is 4.57 Å². The predicted octanol–water partition coefficient (Wildman–Crippen LogP) is 6.24. The summed E-state index contributed by atoms with van der Waals surface area (Å²) < 4.78 is 2.26. The number of hydrogen-bond donors (Lipinski definition) is 0. The molecule has 2 heteroatoms. The van der Waals surface area contributed by atoms with Crippen LogP contribution in [-0.4, -0.2) is 9.55 Å². The fraction of sp³-hybridized carbons (Fsp3) is 0.208. The van der Waals surface area contributed by atoms with Crippen molar-refractivity contribution >= 4 is 12.2 Å². The van der Waals surface area contributed by atoms with Gasteiger partial charge in [-0.05, 0) is 30.2 Å². The Hall–Kier alpha value is -2.87. The zero-order valence-electron chi connectivity index (χ0n) is 15.6. The molecule has 4 rings (SSSR count). The van der Waals surface area contributed by atoms with Crippen molar-refractivity contribution in [3.05, 3.63) is 84.2 Å². The normalized spacial score (nSPS) is 18.8. The van der Waals surface area contributed by atoms with Gasteiger partial charge in [0.15, 0.2) is 0 Å². The molecule has 1 heterocycles. The molecule has 3 aromatic rings. The summed E-state index contributed by atoms with van der Waals surface area (Å²) in [5.74, 6) is 1.50. The lowest BCUT2D eigenvalue weighted by molar-refractivity contribution is 0.387. The van der Waals surface area contributed by atoms with Crippen LogP contribution >= 0.6 is 0 Å². The highest BCUT2D eigenvalue weighted by Gasteiger charge is 2.26. The molecule has 0 spiro atoms. The van der Waals surface area contributed by atoms with Gasteiger partial charge in [0.05, 0.1) is 11.4 Å². The quantitative estimate of drug-likeness (QED) is 0.551. The van der Waals surface area contributed by atoms with Gasteiger partial charge in [-0.1, -0.05) is 81.5 Å². The highest BCUT2D eigenvalue weighted by Crippen LogP contribution is 2.37. The number of rotatable bonds is 3. The minimum atomic E-state index is 0.0368. The summed E-state index contributed by atoms with van der Waals surface area (Å²) in [5, 5.41) is 0. The van der Waals surface area contributed by atoms with E-state index in [1.54, 1.807) is 0 Å². The molecule has 0 saturated carbocycles. The Labute approximate surface area is 155 Å². The fourth-order valence-corrected chi connectivity index (χ4v) is 3.31. The molecule has 0 aliphatic heterocycles. The molecule has 130 valence electrons. The second kappa shape index (κ2) is 6.45. The molecule has 2 nitrogen and oxygen atoms in total. The molecular weight excluding hydrogens is 316 g/mol. The van der Waals surface area contributed by atoms with Crippen molar-refractivity contribution in [2.24, 2.45) is 11.3 Å². The van der Waals surface area contributed by atoms with Gasteiger partial charge in [0.2, 0.25) is 0 Å². The topological polar surface area (TPSA) is 17.8 Å². The predicted molar refractivity (Wildman–Crippen MR) is 110 cm³/mol. The third kappa shape index (κ3) is 2.82. The second-order valence-corrected chi connectivity index (χ2v) is 7.43. The van der Waals surface area contributed by atoms with E-state index in [4.69, 9.17) is 4.98 Å². The van der Waals surface area contributed by atoms with Crippen LogP contribution < -0.4 is 0 Å². The van der Waals surface area contributed by atoms with Crippen LogP contribution in [0, 0.1) is 11.3 Å². The average Bonchev–Trinajstić information content (AvgIpc) is 2.96. The number of aromatic nitrogens is 2. The number of nitrogens with zero attached hydrogens (tertiary/aromatic N) is 2. The monoisotopic (exact) mass is 340 g/mol. The number of allylic oxidation sites excluding steroid dienone is 2. The maximum atomic E-state index is 5.01.